The third-order valence-electron chi connectivity index (χ3n) is 3.34. The number of hydrogen-bond donors (Lipinski definition) is 1. The molecule has 0 aliphatic heterocycles. The highest BCUT2D eigenvalue weighted by molar-refractivity contribution is 5.23. The van der Waals surface area contributed by atoms with Gasteiger partial charge in [-0.3, -0.25) is 0 Å². The molecule has 0 aromatic carbocycles. The predicted molar refractivity (Wildman–Crippen MR) is 64.2 cm³/mol. The number of nitrogens with zero attached hydrogens (tertiary/aromatic N) is 1. The minimum Gasteiger partial charge on any atom is -0.475 e. The first-order valence-corrected chi connectivity index (χ1v) is 6.27. The minimum absolute atomic E-state index is 0.0959. The van der Waals surface area contributed by atoms with Crippen LogP contribution in [0.15, 0.2) is 12.3 Å². The molecule has 1 aromatic rings. The number of nitrogens with two attached hydrogens (primary N) is 1. The summed E-state index contributed by atoms with van der Waals surface area (Å²) in [4.78, 5) is 3.92. The number of rotatable bonds is 4. The molecule has 2 N–H and O–H groups in total. The van der Waals surface area contributed by atoms with Crippen LogP contribution in [0.1, 0.15) is 37.7 Å². The van der Waals surface area contributed by atoms with Crippen LogP contribution in [0.25, 0.3) is 0 Å². The van der Waals surface area contributed by atoms with E-state index in [1.165, 1.54) is 32.1 Å². The van der Waals surface area contributed by atoms with Crippen molar-refractivity contribution in [3.63, 3.8) is 0 Å². The Hall–Kier alpha value is -1.16. The Morgan fingerprint density at radius 3 is 2.82 bits per heavy atom. The van der Waals surface area contributed by atoms with Crippen LogP contribution < -0.4 is 10.5 Å². The average Bonchev–Trinajstić information content (AvgIpc) is 2.39. The monoisotopic (exact) mass is 238 g/mol. The van der Waals surface area contributed by atoms with Crippen molar-refractivity contribution in [3.8, 4) is 5.88 Å². The van der Waals surface area contributed by atoms with Crippen LogP contribution in [-0.4, -0.2) is 11.6 Å². The summed E-state index contributed by atoms with van der Waals surface area (Å²) in [5.74, 6) is 0.232. The van der Waals surface area contributed by atoms with Crippen LogP contribution in [0.4, 0.5) is 4.39 Å². The number of hydrogen-bond acceptors (Lipinski definition) is 3. The lowest BCUT2D eigenvalue weighted by Gasteiger charge is -2.21. The molecular formula is C13H19FN2O. The summed E-state index contributed by atoms with van der Waals surface area (Å²) in [6, 6.07) is 1.59. The lowest BCUT2D eigenvalue weighted by Crippen LogP contribution is -2.16. The summed E-state index contributed by atoms with van der Waals surface area (Å²) in [6.45, 7) is 0.742. The molecule has 17 heavy (non-hydrogen) atoms. The molecule has 0 unspecified atom stereocenters. The van der Waals surface area contributed by atoms with E-state index in [4.69, 9.17) is 10.5 Å². The molecule has 0 saturated heterocycles. The molecule has 0 amide bonds. The molecular weight excluding hydrogens is 219 g/mol. The normalized spacial score (nSPS) is 17.1. The van der Waals surface area contributed by atoms with Gasteiger partial charge in [-0.1, -0.05) is 19.3 Å². The largest absolute Gasteiger partial charge is 0.475 e. The van der Waals surface area contributed by atoms with E-state index in [0.29, 0.717) is 18.1 Å². The third-order valence-corrected chi connectivity index (χ3v) is 3.34. The van der Waals surface area contributed by atoms with Crippen molar-refractivity contribution in [2.24, 2.45) is 11.7 Å². The Labute approximate surface area is 101 Å². The van der Waals surface area contributed by atoms with E-state index in [9.17, 15) is 4.39 Å². The van der Waals surface area contributed by atoms with Crippen LogP contribution in [0, 0.1) is 11.7 Å². The SMILES string of the molecule is NCc1ccnc(OCC2CCCCC2)c1F. The van der Waals surface area contributed by atoms with E-state index in [0.717, 1.165) is 0 Å². The predicted octanol–water partition coefficient (Wildman–Crippen LogP) is 2.64. The maximum Gasteiger partial charge on any atom is 0.250 e. The maximum atomic E-state index is 13.8. The van der Waals surface area contributed by atoms with Gasteiger partial charge in [0.15, 0.2) is 5.82 Å². The van der Waals surface area contributed by atoms with Gasteiger partial charge in [0.2, 0.25) is 0 Å². The minimum atomic E-state index is -0.411. The van der Waals surface area contributed by atoms with Crippen LogP contribution in [-0.2, 0) is 6.54 Å². The highest BCUT2D eigenvalue weighted by Gasteiger charge is 2.16. The molecule has 3 nitrogen and oxygen atoms in total. The van der Waals surface area contributed by atoms with Gasteiger partial charge in [0.25, 0.3) is 5.88 Å². The first-order chi connectivity index (χ1) is 8.31. The highest BCUT2D eigenvalue weighted by Crippen LogP contribution is 2.25. The fourth-order valence-corrected chi connectivity index (χ4v) is 2.27. The van der Waals surface area contributed by atoms with Crippen LogP contribution in [0.3, 0.4) is 0 Å². The molecule has 1 saturated carbocycles. The average molecular weight is 238 g/mol. The Bertz CT molecular complexity index is 364. The van der Waals surface area contributed by atoms with E-state index in [2.05, 4.69) is 4.98 Å². The summed E-state index contributed by atoms with van der Waals surface area (Å²) >= 11 is 0. The number of halogens is 1. The smallest absolute Gasteiger partial charge is 0.250 e. The third kappa shape index (κ3) is 3.16. The molecule has 1 aromatic heterocycles. The number of pyridine rings is 1. The van der Waals surface area contributed by atoms with Gasteiger partial charge in [-0.2, -0.15) is 0 Å². The van der Waals surface area contributed by atoms with Gasteiger partial charge in [-0.25, -0.2) is 9.37 Å². The molecule has 0 spiro atoms. The Balaban J connectivity index is 1.93. The molecule has 0 atom stereocenters. The highest BCUT2D eigenvalue weighted by atomic mass is 19.1. The summed E-state index contributed by atoms with van der Waals surface area (Å²) in [7, 11) is 0. The zero-order valence-electron chi connectivity index (χ0n) is 9.99. The number of ether oxygens (including phenoxy) is 1. The Kier molecular flexibility index (Phi) is 4.31. The van der Waals surface area contributed by atoms with Crippen molar-refractivity contribution >= 4 is 0 Å². The van der Waals surface area contributed by atoms with Gasteiger partial charge in [0, 0.05) is 18.3 Å². The van der Waals surface area contributed by atoms with Crippen LogP contribution in [0.2, 0.25) is 0 Å². The summed E-state index contributed by atoms with van der Waals surface area (Å²) in [5.41, 5.74) is 5.89. The van der Waals surface area contributed by atoms with E-state index in [1.807, 2.05) is 0 Å². The van der Waals surface area contributed by atoms with Crippen molar-refractivity contribution in [1.82, 2.24) is 4.98 Å². The van der Waals surface area contributed by atoms with Gasteiger partial charge in [-0.15, -0.1) is 0 Å². The lowest BCUT2D eigenvalue weighted by molar-refractivity contribution is 0.195. The van der Waals surface area contributed by atoms with Crippen molar-refractivity contribution in [2.45, 2.75) is 38.6 Å². The molecule has 4 heteroatoms. The van der Waals surface area contributed by atoms with Crippen LogP contribution >= 0.6 is 0 Å². The van der Waals surface area contributed by atoms with Crippen molar-refractivity contribution in [3.05, 3.63) is 23.6 Å². The zero-order chi connectivity index (χ0) is 12.1. The van der Waals surface area contributed by atoms with E-state index < -0.39 is 5.82 Å². The maximum absolute atomic E-state index is 13.8. The first-order valence-electron chi connectivity index (χ1n) is 6.27. The lowest BCUT2D eigenvalue weighted by atomic mass is 9.90. The first kappa shape index (κ1) is 12.3. The van der Waals surface area contributed by atoms with Crippen LogP contribution in [0.5, 0.6) is 5.88 Å². The van der Waals surface area contributed by atoms with Crippen molar-refractivity contribution < 1.29 is 9.13 Å². The molecule has 0 bridgehead atoms. The van der Waals surface area contributed by atoms with Crippen molar-refractivity contribution in [2.75, 3.05) is 6.61 Å². The second-order valence-electron chi connectivity index (χ2n) is 4.61. The quantitative estimate of drug-likeness (QED) is 0.877. The second kappa shape index (κ2) is 5.96. The van der Waals surface area contributed by atoms with Gasteiger partial charge in [-0.05, 0) is 24.8 Å². The van der Waals surface area contributed by atoms with Gasteiger partial charge in [0.05, 0.1) is 6.61 Å². The Morgan fingerprint density at radius 1 is 1.35 bits per heavy atom. The van der Waals surface area contributed by atoms with E-state index in [-0.39, 0.29) is 12.4 Å². The van der Waals surface area contributed by atoms with Gasteiger partial charge < -0.3 is 10.5 Å². The molecule has 1 aliphatic carbocycles. The fourth-order valence-electron chi connectivity index (χ4n) is 2.27. The van der Waals surface area contributed by atoms with E-state index >= 15 is 0 Å². The number of aromatic nitrogens is 1. The zero-order valence-corrected chi connectivity index (χ0v) is 9.99. The fraction of sp³-hybridized carbons (Fsp3) is 0.615. The standard InChI is InChI=1S/C13H19FN2O/c14-12-11(8-15)6-7-16-13(12)17-9-10-4-2-1-3-5-10/h6-7,10H,1-5,8-9,15H2. The van der Waals surface area contributed by atoms with Gasteiger partial charge >= 0.3 is 0 Å². The summed E-state index contributed by atoms with van der Waals surface area (Å²) in [5, 5.41) is 0. The summed E-state index contributed by atoms with van der Waals surface area (Å²) < 4.78 is 19.2. The molecule has 94 valence electrons. The summed E-state index contributed by atoms with van der Waals surface area (Å²) in [6.07, 6.45) is 7.73. The molecule has 1 heterocycles. The second-order valence-corrected chi connectivity index (χ2v) is 4.61. The molecule has 1 fully saturated rings. The van der Waals surface area contributed by atoms with Crippen molar-refractivity contribution in [1.29, 1.82) is 0 Å². The molecule has 2 rings (SSSR count). The molecule has 1 aliphatic rings. The Morgan fingerprint density at radius 2 is 2.12 bits per heavy atom. The van der Waals surface area contributed by atoms with Gasteiger partial charge in [0.1, 0.15) is 0 Å². The topological polar surface area (TPSA) is 48.1 Å². The van der Waals surface area contributed by atoms with E-state index in [1.54, 1.807) is 12.3 Å². The molecule has 0 radical (unpaired) electrons.